The molecule has 0 radical (unpaired) electrons. The summed E-state index contributed by atoms with van der Waals surface area (Å²) in [5.41, 5.74) is 1.88. The third-order valence-electron chi connectivity index (χ3n) is 2.39. The van der Waals surface area contributed by atoms with Crippen LogP contribution in [0, 0.1) is 6.92 Å². The number of carbonyl (C=O) groups excluding carboxylic acids is 1. The van der Waals surface area contributed by atoms with Gasteiger partial charge in [-0.2, -0.15) is 0 Å². The predicted octanol–water partition coefficient (Wildman–Crippen LogP) is 3.47. The first-order valence-electron chi connectivity index (χ1n) is 6.04. The normalized spacial score (nSPS) is 13.0. The average molecular weight is 313 g/mol. The summed E-state index contributed by atoms with van der Waals surface area (Å²) >= 11 is 3.48. The van der Waals surface area contributed by atoms with Crippen LogP contribution in [0.3, 0.4) is 0 Å². The molecule has 0 aliphatic heterocycles. The van der Waals surface area contributed by atoms with Crippen molar-refractivity contribution in [3.8, 4) is 0 Å². The fourth-order valence-corrected chi connectivity index (χ4v) is 1.89. The van der Waals surface area contributed by atoms with Gasteiger partial charge in [0.25, 0.3) is 0 Å². The minimum atomic E-state index is -0.276. The predicted molar refractivity (Wildman–Crippen MR) is 79.9 cm³/mol. The van der Waals surface area contributed by atoms with E-state index in [-0.39, 0.29) is 17.5 Å². The zero-order valence-corrected chi connectivity index (χ0v) is 13.2. The molecular formula is C14H21BrN2O. The molecule has 0 heterocycles. The molecule has 1 aromatic rings. The first kappa shape index (κ1) is 15.0. The maximum atomic E-state index is 12.0. The lowest BCUT2D eigenvalue weighted by Crippen LogP contribution is -2.47. The lowest BCUT2D eigenvalue weighted by Gasteiger charge is -2.24. The second kappa shape index (κ2) is 5.74. The van der Waals surface area contributed by atoms with E-state index in [1.54, 1.807) is 0 Å². The van der Waals surface area contributed by atoms with Crippen LogP contribution in [0.4, 0.5) is 5.69 Å². The molecule has 1 rings (SSSR count). The monoisotopic (exact) mass is 312 g/mol. The second-order valence-corrected chi connectivity index (χ2v) is 6.44. The highest BCUT2D eigenvalue weighted by molar-refractivity contribution is 9.10. The molecule has 0 aliphatic rings. The fraction of sp³-hybridized carbons (Fsp3) is 0.500. The maximum absolute atomic E-state index is 12.0. The van der Waals surface area contributed by atoms with Crippen molar-refractivity contribution in [2.75, 3.05) is 5.32 Å². The van der Waals surface area contributed by atoms with E-state index in [9.17, 15) is 4.79 Å². The molecule has 3 nitrogen and oxygen atoms in total. The lowest BCUT2D eigenvalue weighted by atomic mass is 10.1. The van der Waals surface area contributed by atoms with Crippen molar-refractivity contribution in [2.45, 2.75) is 46.2 Å². The first-order chi connectivity index (χ1) is 8.19. The Bertz CT molecular complexity index is 438. The van der Waals surface area contributed by atoms with Crippen molar-refractivity contribution in [3.63, 3.8) is 0 Å². The van der Waals surface area contributed by atoms with E-state index < -0.39 is 0 Å². The molecule has 18 heavy (non-hydrogen) atoms. The number of carbonyl (C=O) groups is 1. The van der Waals surface area contributed by atoms with Crippen molar-refractivity contribution in [2.24, 2.45) is 0 Å². The summed E-state index contributed by atoms with van der Waals surface area (Å²) in [7, 11) is 0. The van der Waals surface area contributed by atoms with E-state index in [1.807, 2.05) is 52.8 Å². The van der Waals surface area contributed by atoms with Gasteiger partial charge in [0.1, 0.15) is 6.04 Å². The number of aryl methyl sites for hydroxylation is 1. The van der Waals surface area contributed by atoms with Crippen molar-refractivity contribution in [1.29, 1.82) is 0 Å². The van der Waals surface area contributed by atoms with Crippen LogP contribution in [0.15, 0.2) is 22.7 Å². The first-order valence-corrected chi connectivity index (χ1v) is 6.83. The molecule has 0 saturated carbocycles. The van der Waals surface area contributed by atoms with Gasteiger partial charge in [-0.25, -0.2) is 0 Å². The second-order valence-electron chi connectivity index (χ2n) is 5.59. The highest BCUT2D eigenvalue weighted by Gasteiger charge is 2.19. The van der Waals surface area contributed by atoms with Gasteiger partial charge >= 0.3 is 0 Å². The van der Waals surface area contributed by atoms with Crippen LogP contribution in [0.25, 0.3) is 0 Å². The molecule has 1 aromatic carbocycles. The Morgan fingerprint density at radius 2 is 1.94 bits per heavy atom. The zero-order valence-electron chi connectivity index (χ0n) is 11.6. The Morgan fingerprint density at radius 1 is 1.33 bits per heavy atom. The highest BCUT2D eigenvalue weighted by Crippen LogP contribution is 2.24. The van der Waals surface area contributed by atoms with Gasteiger partial charge in [-0.1, -0.05) is 6.07 Å². The summed E-state index contributed by atoms with van der Waals surface area (Å²) in [6.07, 6.45) is 0. The van der Waals surface area contributed by atoms with Gasteiger partial charge in [-0.05, 0) is 68.2 Å². The molecule has 4 heteroatoms. The quantitative estimate of drug-likeness (QED) is 0.897. The van der Waals surface area contributed by atoms with Crippen LogP contribution >= 0.6 is 15.9 Å². The van der Waals surface area contributed by atoms with Gasteiger partial charge in [0.2, 0.25) is 5.91 Å². The molecule has 1 atom stereocenters. The number of hydrogen-bond donors (Lipinski definition) is 2. The van der Waals surface area contributed by atoms with E-state index in [1.165, 1.54) is 0 Å². The molecule has 0 fully saturated rings. The average Bonchev–Trinajstić information content (AvgIpc) is 2.21. The van der Waals surface area contributed by atoms with Crippen LogP contribution in [0.1, 0.15) is 33.3 Å². The van der Waals surface area contributed by atoms with Gasteiger partial charge in [-0.3, -0.25) is 4.79 Å². The van der Waals surface area contributed by atoms with Crippen LogP contribution in [0.2, 0.25) is 0 Å². The minimum absolute atomic E-state index is 0.00379. The molecule has 0 aromatic heterocycles. The number of hydrogen-bond acceptors (Lipinski definition) is 2. The molecule has 1 unspecified atom stereocenters. The van der Waals surface area contributed by atoms with Crippen LogP contribution in [0.5, 0.6) is 0 Å². The Labute approximate surface area is 117 Å². The molecule has 0 aliphatic carbocycles. The van der Waals surface area contributed by atoms with Crippen molar-refractivity contribution < 1.29 is 4.79 Å². The van der Waals surface area contributed by atoms with E-state index in [0.29, 0.717) is 0 Å². The molecule has 0 bridgehead atoms. The molecule has 100 valence electrons. The number of halogens is 1. The summed E-state index contributed by atoms with van der Waals surface area (Å²) in [5.74, 6) is -0.00379. The minimum Gasteiger partial charge on any atom is -0.373 e. The number of benzene rings is 1. The largest absolute Gasteiger partial charge is 0.373 e. The summed E-state index contributed by atoms with van der Waals surface area (Å²) in [6.45, 7) is 9.80. The number of rotatable bonds is 3. The van der Waals surface area contributed by atoms with Crippen molar-refractivity contribution in [3.05, 3.63) is 28.2 Å². The number of amides is 1. The summed E-state index contributed by atoms with van der Waals surface area (Å²) in [6, 6.07) is 5.74. The van der Waals surface area contributed by atoms with E-state index >= 15 is 0 Å². The Hall–Kier alpha value is -1.03. The van der Waals surface area contributed by atoms with Crippen LogP contribution in [-0.2, 0) is 4.79 Å². The summed E-state index contributed by atoms with van der Waals surface area (Å²) in [5, 5.41) is 6.17. The Kier molecular flexibility index (Phi) is 4.79. The fourth-order valence-electron chi connectivity index (χ4n) is 1.53. The Morgan fingerprint density at radius 3 is 2.50 bits per heavy atom. The van der Waals surface area contributed by atoms with Crippen molar-refractivity contribution in [1.82, 2.24) is 5.32 Å². The zero-order chi connectivity index (χ0) is 13.9. The molecule has 1 amide bonds. The smallest absolute Gasteiger partial charge is 0.242 e. The third-order valence-corrected chi connectivity index (χ3v) is 3.08. The molecular weight excluding hydrogens is 292 g/mol. The summed E-state index contributed by atoms with van der Waals surface area (Å²) in [4.78, 5) is 12.0. The van der Waals surface area contributed by atoms with E-state index in [4.69, 9.17) is 0 Å². The van der Waals surface area contributed by atoms with E-state index in [0.717, 1.165) is 15.7 Å². The standard InChI is InChI=1S/C14H21BrN2O/c1-9-6-7-11(15)12(8-9)16-10(2)13(18)17-14(3,4)5/h6-8,10,16H,1-5H3,(H,17,18). The highest BCUT2D eigenvalue weighted by atomic mass is 79.9. The van der Waals surface area contributed by atoms with E-state index in [2.05, 4.69) is 26.6 Å². The number of anilines is 1. The summed E-state index contributed by atoms with van der Waals surface area (Å²) < 4.78 is 0.962. The van der Waals surface area contributed by atoms with Crippen molar-refractivity contribution >= 4 is 27.5 Å². The molecule has 2 N–H and O–H groups in total. The SMILES string of the molecule is Cc1ccc(Br)c(NC(C)C(=O)NC(C)(C)C)c1. The molecule has 0 spiro atoms. The maximum Gasteiger partial charge on any atom is 0.242 e. The molecule has 0 saturated heterocycles. The Balaban J connectivity index is 2.72. The third kappa shape index (κ3) is 4.69. The number of nitrogens with one attached hydrogen (secondary N) is 2. The van der Waals surface area contributed by atoms with Gasteiger partial charge < -0.3 is 10.6 Å². The lowest BCUT2D eigenvalue weighted by molar-refractivity contribution is -0.122. The van der Waals surface area contributed by atoms with Gasteiger partial charge in [0, 0.05) is 15.7 Å². The topological polar surface area (TPSA) is 41.1 Å². The van der Waals surface area contributed by atoms with Crippen LogP contribution in [-0.4, -0.2) is 17.5 Å². The van der Waals surface area contributed by atoms with Gasteiger partial charge in [0.15, 0.2) is 0 Å². The van der Waals surface area contributed by atoms with Crippen LogP contribution < -0.4 is 10.6 Å². The van der Waals surface area contributed by atoms with Gasteiger partial charge in [0.05, 0.1) is 0 Å². The van der Waals surface area contributed by atoms with Gasteiger partial charge in [-0.15, -0.1) is 0 Å².